The van der Waals surface area contributed by atoms with Crippen molar-refractivity contribution in [1.29, 1.82) is 0 Å². The lowest BCUT2D eigenvalue weighted by Crippen LogP contribution is -2.09. The molecule has 1 aromatic carbocycles. The zero-order chi connectivity index (χ0) is 10.7. The van der Waals surface area contributed by atoms with Gasteiger partial charge in [-0.2, -0.15) is 0 Å². The highest BCUT2D eigenvalue weighted by molar-refractivity contribution is 5.56. The van der Waals surface area contributed by atoms with Gasteiger partial charge in [0.1, 0.15) is 12.4 Å². The van der Waals surface area contributed by atoms with Crippen molar-refractivity contribution in [2.45, 2.75) is 20.3 Å². The molecule has 0 aliphatic rings. The molecule has 4 heteroatoms. The van der Waals surface area contributed by atoms with E-state index in [1.807, 2.05) is 0 Å². The highest BCUT2D eigenvalue weighted by Gasteiger charge is 2.09. The summed E-state index contributed by atoms with van der Waals surface area (Å²) in [4.78, 5) is 0. The normalized spacial score (nSPS) is 10.6. The maximum Gasteiger partial charge on any atom is 0.272 e. The number of nitrogens with two attached hydrogens (primary N) is 1. The molecule has 0 spiro atoms. The van der Waals surface area contributed by atoms with Gasteiger partial charge in [0.05, 0.1) is 0 Å². The smallest absolute Gasteiger partial charge is 0.272 e. The molecule has 2 nitrogen and oxygen atoms in total. The van der Waals surface area contributed by atoms with Crippen molar-refractivity contribution in [2.75, 3.05) is 12.3 Å². The van der Waals surface area contributed by atoms with E-state index in [2.05, 4.69) is 0 Å². The van der Waals surface area contributed by atoms with Crippen LogP contribution in [0.2, 0.25) is 0 Å². The highest BCUT2D eigenvalue weighted by atomic mass is 19.3. The molecule has 1 aromatic rings. The largest absolute Gasteiger partial charge is 0.487 e. The predicted octanol–water partition coefficient (Wildman–Crippen LogP) is 2.53. The van der Waals surface area contributed by atoms with Gasteiger partial charge in [-0.15, -0.1) is 0 Å². The second kappa shape index (κ2) is 4.26. The third-order valence-electron chi connectivity index (χ3n) is 2.00. The molecule has 0 aliphatic heterocycles. The number of anilines is 1. The fourth-order valence-electron chi connectivity index (χ4n) is 1.21. The Morgan fingerprint density at radius 3 is 2.57 bits per heavy atom. The Morgan fingerprint density at radius 1 is 1.36 bits per heavy atom. The van der Waals surface area contributed by atoms with Crippen molar-refractivity contribution in [3.8, 4) is 5.75 Å². The van der Waals surface area contributed by atoms with Gasteiger partial charge in [0.2, 0.25) is 0 Å². The summed E-state index contributed by atoms with van der Waals surface area (Å²) in [6.07, 6.45) is -2.46. The van der Waals surface area contributed by atoms with E-state index in [4.69, 9.17) is 10.5 Å². The fraction of sp³-hybridized carbons (Fsp3) is 0.400. The summed E-state index contributed by atoms with van der Waals surface area (Å²) in [6.45, 7) is 2.96. The number of halogens is 2. The van der Waals surface area contributed by atoms with Crippen LogP contribution in [0.4, 0.5) is 14.5 Å². The molecular weight excluding hydrogens is 188 g/mol. The van der Waals surface area contributed by atoms with Gasteiger partial charge >= 0.3 is 0 Å². The fourth-order valence-corrected chi connectivity index (χ4v) is 1.21. The van der Waals surface area contributed by atoms with E-state index in [1.165, 1.54) is 0 Å². The molecule has 0 bridgehead atoms. The minimum atomic E-state index is -2.46. The van der Waals surface area contributed by atoms with Gasteiger partial charge in [-0.3, -0.25) is 0 Å². The van der Waals surface area contributed by atoms with Crippen molar-refractivity contribution in [3.05, 3.63) is 23.3 Å². The van der Waals surface area contributed by atoms with Gasteiger partial charge in [0.25, 0.3) is 6.43 Å². The highest BCUT2D eigenvalue weighted by Crippen LogP contribution is 2.27. The lowest BCUT2D eigenvalue weighted by atomic mass is 10.1. The first-order chi connectivity index (χ1) is 6.52. The molecule has 0 atom stereocenters. The molecule has 78 valence electrons. The van der Waals surface area contributed by atoms with Crippen LogP contribution < -0.4 is 10.5 Å². The van der Waals surface area contributed by atoms with Crippen molar-refractivity contribution in [1.82, 2.24) is 0 Å². The molecular formula is C10H13F2NO. The van der Waals surface area contributed by atoms with Crippen molar-refractivity contribution < 1.29 is 13.5 Å². The number of hydrogen-bond acceptors (Lipinski definition) is 2. The Balaban J connectivity index is 2.89. The topological polar surface area (TPSA) is 35.2 Å². The summed E-state index contributed by atoms with van der Waals surface area (Å²) in [5, 5.41) is 0. The number of aryl methyl sites for hydroxylation is 1. The van der Waals surface area contributed by atoms with Gasteiger partial charge in [0.15, 0.2) is 0 Å². The monoisotopic (exact) mass is 201 g/mol. The van der Waals surface area contributed by atoms with Gasteiger partial charge in [-0.1, -0.05) is 6.07 Å². The molecule has 0 saturated heterocycles. The van der Waals surface area contributed by atoms with E-state index in [0.717, 1.165) is 5.56 Å². The van der Waals surface area contributed by atoms with Crippen LogP contribution in [0.15, 0.2) is 12.1 Å². The second-order valence-corrected chi connectivity index (χ2v) is 3.13. The maximum absolute atomic E-state index is 11.9. The number of benzene rings is 1. The van der Waals surface area contributed by atoms with Crippen LogP contribution in [-0.2, 0) is 0 Å². The van der Waals surface area contributed by atoms with E-state index in [-0.39, 0.29) is 0 Å². The Labute approximate surface area is 81.7 Å². The lowest BCUT2D eigenvalue weighted by molar-refractivity contribution is 0.0813. The van der Waals surface area contributed by atoms with Crippen LogP contribution in [0.25, 0.3) is 0 Å². The standard InChI is InChI=1S/C10H13F2NO/c1-6-3-4-8(13)7(2)10(6)14-5-9(11)12/h3-4,9H,5,13H2,1-2H3. The number of rotatable bonds is 3. The van der Waals surface area contributed by atoms with E-state index < -0.39 is 13.0 Å². The average molecular weight is 201 g/mol. The quantitative estimate of drug-likeness (QED) is 0.762. The third-order valence-corrected chi connectivity index (χ3v) is 2.00. The molecule has 0 saturated carbocycles. The summed E-state index contributed by atoms with van der Waals surface area (Å²) in [7, 11) is 0. The number of nitrogen functional groups attached to an aromatic ring is 1. The van der Waals surface area contributed by atoms with Gasteiger partial charge in [-0.25, -0.2) is 8.78 Å². The zero-order valence-electron chi connectivity index (χ0n) is 8.18. The van der Waals surface area contributed by atoms with Crippen LogP contribution in [0.5, 0.6) is 5.75 Å². The van der Waals surface area contributed by atoms with Gasteiger partial charge in [-0.05, 0) is 25.5 Å². The molecule has 0 fully saturated rings. The number of alkyl halides is 2. The molecule has 0 radical (unpaired) electrons. The van der Waals surface area contributed by atoms with E-state index >= 15 is 0 Å². The van der Waals surface area contributed by atoms with Crippen LogP contribution in [0.3, 0.4) is 0 Å². The molecule has 14 heavy (non-hydrogen) atoms. The minimum Gasteiger partial charge on any atom is -0.487 e. The van der Waals surface area contributed by atoms with Gasteiger partial charge in [0, 0.05) is 11.3 Å². The summed E-state index contributed by atoms with van der Waals surface area (Å²) < 4.78 is 28.8. The van der Waals surface area contributed by atoms with Crippen LogP contribution in [-0.4, -0.2) is 13.0 Å². The van der Waals surface area contributed by atoms with Crippen LogP contribution in [0, 0.1) is 13.8 Å². The molecule has 0 heterocycles. The Kier molecular flexibility index (Phi) is 3.28. The molecule has 0 unspecified atom stereocenters. The van der Waals surface area contributed by atoms with Crippen LogP contribution in [0.1, 0.15) is 11.1 Å². The second-order valence-electron chi connectivity index (χ2n) is 3.13. The average Bonchev–Trinajstić information content (AvgIpc) is 2.11. The van der Waals surface area contributed by atoms with E-state index in [0.29, 0.717) is 17.0 Å². The number of hydrogen-bond donors (Lipinski definition) is 1. The first kappa shape index (κ1) is 10.8. The summed E-state index contributed by atoms with van der Waals surface area (Å²) >= 11 is 0. The van der Waals surface area contributed by atoms with Crippen molar-refractivity contribution >= 4 is 5.69 Å². The predicted molar refractivity (Wildman–Crippen MR) is 51.8 cm³/mol. The number of ether oxygens (including phenoxy) is 1. The van der Waals surface area contributed by atoms with Crippen LogP contribution >= 0.6 is 0 Å². The van der Waals surface area contributed by atoms with Crippen molar-refractivity contribution in [2.24, 2.45) is 0 Å². The maximum atomic E-state index is 11.9. The lowest BCUT2D eigenvalue weighted by Gasteiger charge is -2.13. The Hall–Kier alpha value is -1.32. The summed E-state index contributed by atoms with van der Waals surface area (Å²) in [6, 6.07) is 3.49. The summed E-state index contributed by atoms with van der Waals surface area (Å²) in [5.41, 5.74) is 7.71. The first-order valence-corrected chi connectivity index (χ1v) is 4.29. The minimum absolute atomic E-state index is 0.463. The van der Waals surface area contributed by atoms with Gasteiger partial charge < -0.3 is 10.5 Å². The molecule has 0 amide bonds. The first-order valence-electron chi connectivity index (χ1n) is 4.29. The molecule has 0 aliphatic carbocycles. The zero-order valence-corrected chi connectivity index (χ0v) is 8.18. The molecule has 0 aromatic heterocycles. The molecule has 1 rings (SSSR count). The Morgan fingerprint density at radius 2 is 2.00 bits per heavy atom. The summed E-state index contributed by atoms with van der Waals surface area (Å²) in [5.74, 6) is 0.463. The Bertz CT molecular complexity index is 326. The van der Waals surface area contributed by atoms with Crippen molar-refractivity contribution in [3.63, 3.8) is 0 Å². The third kappa shape index (κ3) is 2.34. The molecule has 2 N–H and O–H groups in total. The van der Waals surface area contributed by atoms with E-state index in [1.54, 1.807) is 26.0 Å². The van der Waals surface area contributed by atoms with E-state index in [9.17, 15) is 8.78 Å². The SMILES string of the molecule is Cc1ccc(N)c(C)c1OCC(F)F.